The normalized spacial score (nSPS) is 14.4. The van der Waals surface area contributed by atoms with Gasteiger partial charge in [-0.15, -0.1) is 0 Å². The molecule has 9 aromatic rings. The largest absolute Gasteiger partial charge is 0.248 e. The van der Waals surface area contributed by atoms with Crippen molar-refractivity contribution in [3.63, 3.8) is 0 Å². The molecule has 1 nitrogen and oxygen atoms in total. The van der Waals surface area contributed by atoms with Crippen molar-refractivity contribution in [3.05, 3.63) is 198 Å². The molecular weight excluding hydrogens is 675 g/mol. The second-order valence-electron chi connectivity index (χ2n) is 16.8. The zero-order valence-electron chi connectivity index (χ0n) is 32.2. The van der Waals surface area contributed by atoms with Crippen LogP contribution in [0.3, 0.4) is 0 Å². The monoisotopic (exact) mass is 715 g/mol. The quantitative estimate of drug-likeness (QED) is 0.177. The summed E-state index contributed by atoms with van der Waals surface area (Å²) in [5.74, 6) is 0. The fourth-order valence-corrected chi connectivity index (χ4v) is 9.86. The second kappa shape index (κ2) is 12.0. The fourth-order valence-electron chi connectivity index (χ4n) is 9.86. The summed E-state index contributed by atoms with van der Waals surface area (Å²) in [6.45, 7) is 9.55. The molecule has 1 heterocycles. The molecule has 2 aliphatic rings. The van der Waals surface area contributed by atoms with Crippen LogP contribution in [0, 0.1) is 0 Å². The molecule has 0 saturated carbocycles. The van der Waals surface area contributed by atoms with Crippen LogP contribution in [0.4, 0.5) is 0 Å². The minimum Gasteiger partial charge on any atom is -0.248 e. The summed E-state index contributed by atoms with van der Waals surface area (Å²) in [7, 11) is 0. The van der Waals surface area contributed by atoms with E-state index in [-0.39, 0.29) is 10.8 Å². The van der Waals surface area contributed by atoms with Crippen LogP contribution in [0.1, 0.15) is 49.9 Å². The molecule has 1 heteroatoms. The first-order chi connectivity index (χ1) is 27.3. The van der Waals surface area contributed by atoms with E-state index < -0.39 is 0 Å². The Morgan fingerprint density at radius 3 is 1.57 bits per heavy atom. The molecule has 266 valence electrons. The van der Waals surface area contributed by atoms with Crippen molar-refractivity contribution in [1.82, 2.24) is 4.98 Å². The number of aromatic nitrogens is 1. The Bertz CT molecular complexity index is 3080. The summed E-state index contributed by atoms with van der Waals surface area (Å²) >= 11 is 0. The van der Waals surface area contributed by atoms with Gasteiger partial charge in [0, 0.05) is 22.0 Å². The number of fused-ring (bicyclic) bond motifs is 8. The maximum absolute atomic E-state index is 5.45. The first-order valence-corrected chi connectivity index (χ1v) is 19.8. The van der Waals surface area contributed by atoms with E-state index in [9.17, 15) is 0 Å². The Kier molecular flexibility index (Phi) is 7.01. The zero-order valence-corrected chi connectivity index (χ0v) is 32.2. The lowest BCUT2D eigenvalue weighted by atomic mass is 9.79. The summed E-state index contributed by atoms with van der Waals surface area (Å²) < 4.78 is 0. The van der Waals surface area contributed by atoms with Gasteiger partial charge in [0.2, 0.25) is 0 Å². The van der Waals surface area contributed by atoms with Crippen LogP contribution in [0.25, 0.3) is 88.6 Å². The predicted molar refractivity (Wildman–Crippen MR) is 236 cm³/mol. The molecule has 0 radical (unpaired) electrons. The molecule has 0 atom stereocenters. The minimum atomic E-state index is -0.154. The van der Waals surface area contributed by atoms with E-state index in [1.54, 1.807) is 0 Å². The van der Waals surface area contributed by atoms with E-state index in [0.29, 0.717) is 0 Å². The van der Waals surface area contributed by atoms with Crippen LogP contribution >= 0.6 is 0 Å². The van der Waals surface area contributed by atoms with Gasteiger partial charge in [-0.3, -0.25) is 0 Å². The highest BCUT2D eigenvalue weighted by Gasteiger charge is 2.41. The van der Waals surface area contributed by atoms with Gasteiger partial charge >= 0.3 is 0 Å². The van der Waals surface area contributed by atoms with Crippen molar-refractivity contribution >= 4 is 21.5 Å². The van der Waals surface area contributed by atoms with E-state index in [1.807, 2.05) is 0 Å². The third-order valence-corrected chi connectivity index (χ3v) is 12.9. The average molecular weight is 716 g/mol. The molecule has 0 bridgehead atoms. The summed E-state index contributed by atoms with van der Waals surface area (Å²) in [4.78, 5) is 5.45. The van der Waals surface area contributed by atoms with Crippen LogP contribution in [-0.4, -0.2) is 4.98 Å². The Balaban J connectivity index is 1.08. The van der Waals surface area contributed by atoms with Gasteiger partial charge in [-0.2, -0.15) is 0 Å². The van der Waals surface area contributed by atoms with Crippen molar-refractivity contribution in [2.24, 2.45) is 0 Å². The number of rotatable bonds is 4. The molecule has 0 fully saturated rings. The average Bonchev–Trinajstić information content (AvgIpc) is 3.61. The van der Waals surface area contributed by atoms with E-state index in [0.717, 1.165) is 22.5 Å². The third kappa shape index (κ3) is 4.83. The second-order valence-corrected chi connectivity index (χ2v) is 16.8. The number of hydrogen-bond acceptors (Lipinski definition) is 1. The molecule has 0 spiro atoms. The number of nitrogens with zero attached hydrogens (tertiary/aromatic N) is 1. The van der Waals surface area contributed by atoms with Crippen LogP contribution in [0.5, 0.6) is 0 Å². The highest BCUT2D eigenvalue weighted by Crippen LogP contribution is 2.56. The molecule has 56 heavy (non-hydrogen) atoms. The molecule has 11 rings (SSSR count). The van der Waals surface area contributed by atoms with Gasteiger partial charge in [0.15, 0.2) is 0 Å². The summed E-state index contributed by atoms with van der Waals surface area (Å²) in [5.41, 5.74) is 19.9. The number of pyridine rings is 1. The summed E-state index contributed by atoms with van der Waals surface area (Å²) in [6.07, 6.45) is 0. The van der Waals surface area contributed by atoms with Crippen LogP contribution in [0.15, 0.2) is 176 Å². The minimum absolute atomic E-state index is 0.0375. The highest BCUT2D eigenvalue weighted by atomic mass is 14.7. The fraction of sp³-hybridized carbons (Fsp3) is 0.109. The van der Waals surface area contributed by atoms with Gasteiger partial charge in [0.1, 0.15) is 0 Å². The molecule has 1 aromatic heterocycles. The van der Waals surface area contributed by atoms with E-state index >= 15 is 0 Å². The molecule has 2 aliphatic carbocycles. The van der Waals surface area contributed by atoms with Gasteiger partial charge in [-0.25, -0.2) is 4.98 Å². The van der Waals surface area contributed by atoms with Crippen molar-refractivity contribution in [1.29, 1.82) is 0 Å². The van der Waals surface area contributed by atoms with Crippen LogP contribution in [-0.2, 0) is 10.8 Å². The van der Waals surface area contributed by atoms with Gasteiger partial charge in [0.25, 0.3) is 0 Å². The molecular formula is C55H41N. The zero-order chi connectivity index (χ0) is 37.8. The SMILES string of the molecule is CC1(C)c2ccccc2-c2cc3c(cc21)-c1ccc(-c2cc(-c4cccc(-c5cccc6ccccc56)c4)nc(-c4cccc5ccccc45)c2)cc1C3(C)C. The Morgan fingerprint density at radius 1 is 0.304 bits per heavy atom. The Morgan fingerprint density at radius 2 is 0.821 bits per heavy atom. The predicted octanol–water partition coefficient (Wildman–Crippen LogP) is 14.7. The lowest BCUT2D eigenvalue weighted by molar-refractivity contribution is 0.652. The third-order valence-electron chi connectivity index (χ3n) is 12.9. The van der Waals surface area contributed by atoms with E-state index in [2.05, 4.69) is 204 Å². The van der Waals surface area contributed by atoms with Crippen molar-refractivity contribution < 1.29 is 0 Å². The molecule has 0 amide bonds. The molecule has 0 aliphatic heterocycles. The summed E-state index contributed by atoms with van der Waals surface area (Å²) in [5, 5.41) is 4.92. The molecule has 8 aromatic carbocycles. The van der Waals surface area contributed by atoms with Crippen LogP contribution < -0.4 is 0 Å². The first-order valence-electron chi connectivity index (χ1n) is 19.8. The Labute approximate surface area is 329 Å². The number of benzene rings is 8. The van der Waals surface area contributed by atoms with Gasteiger partial charge in [-0.05, 0) is 125 Å². The highest BCUT2D eigenvalue weighted by molar-refractivity contribution is 5.99. The van der Waals surface area contributed by atoms with Crippen molar-refractivity contribution in [2.75, 3.05) is 0 Å². The summed E-state index contributed by atoms with van der Waals surface area (Å²) in [6, 6.07) is 65.0. The van der Waals surface area contributed by atoms with Gasteiger partial charge in [0.05, 0.1) is 11.4 Å². The van der Waals surface area contributed by atoms with Crippen molar-refractivity contribution in [3.8, 4) is 67.0 Å². The molecule has 0 N–H and O–H groups in total. The smallest absolute Gasteiger partial charge is 0.0721 e. The molecule has 0 saturated heterocycles. The van der Waals surface area contributed by atoms with Gasteiger partial charge in [-0.1, -0.05) is 167 Å². The lowest BCUT2D eigenvalue weighted by Gasteiger charge is -2.24. The topological polar surface area (TPSA) is 12.9 Å². The maximum Gasteiger partial charge on any atom is 0.0721 e. The first kappa shape index (κ1) is 32.8. The Hall–Kier alpha value is -6.57. The molecule has 0 unspecified atom stereocenters. The van der Waals surface area contributed by atoms with Crippen LogP contribution in [0.2, 0.25) is 0 Å². The van der Waals surface area contributed by atoms with Crippen molar-refractivity contribution in [2.45, 2.75) is 38.5 Å². The lowest BCUT2D eigenvalue weighted by Crippen LogP contribution is -2.17. The van der Waals surface area contributed by atoms with Gasteiger partial charge < -0.3 is 0 Å². The standard InChI is InChI=1S/C55H41N/c1-54(2)48-25-10-9-22-43(48)46-32-51-47(33-50(46)54)44-27-26-36(29-49(44)55(51,3)4)39-30-52(56-53(31-39)45-24-13-17-35-15-6-8-21-41(35)45)38-19-11-18-37(28-38)42-23-12-16-34-14-5-7-20-40(34)42/h5-33H,1-4H3. The van der Waals surface area contributed by atoms with E-state index in [1.165, 1.54) is 88.3 Å². The number of hydrogen-bond donors (Lipinski definition) is 0. The maximum atomic E-state index is 5.45. The van der Waals surface area contributed by atoms with E-state index in [4.69, 9.17) is 4.98 Å².